The van der Waals surface area contributed by atoms with E-state index in [9.17, 15) is 4.39 Å². The van der Waals surface area contributed by atoms with Gasteiger partial charge in [0, 0.05) is 35.6 Å². The second kappa shape index (κ2) is 5.80. The van der Waals surface area contributed by atoms with Crippen molar-refractivity contribution in [1.29, 1.82) is 0 Å². The number of aromatic nitrogens is 1. The molecule has 2 aromatic rings. The van der Waals surface area contributed by atoms with E-state index < -0.39 is 0 Å². The van der Waals surface area contributed by atoms with E-state index in [1.807, 2.05) is 19.9 Å². The number of rotatable bonds is 4. The highest BCUT2D eigenvalue weighted by Gasteiger charge is 2.09. The highest BCUT2D eigenvalue weighted by Crippen LogP contribution is 2.25. The molecule has 0 saturated heterocycles. The minimum absolute atomic E-state index is 0.203. The van der Waals surface area contributed by atoms with Crippen LogP contribution in [0.1, 0.15) is 29.7 Å². The molecule has 3 nitrogen and oxygen atoms in total. The third-order valence-electron chi connectivity index (χ3n) is 2.79. The predicted octanol–water partition coefficient (Wildman–Crippen LogP) is 3.13. The van der Waals surface area contributed by atoms with Crippen LogP contribution in [-0.2, 0) is 6.61 Å². The molecule has 1 heterocycles. The molecule has 2 N–H and O–H groups in total. The van der Waals surface area contributed by atoms with Crippen LogP contribution in [0, 0.1) is 12.7 Å². The topological polar surface area (TPSA) is 48.1 Å². The number of aryl methyl sites for hydroxylation is 1. The van der Waals surface area contributed by atoms with Crippen LogP contribution in [0.25, 0.3) is 0 Å². The number of pyridine rings is 1. The van der Waals surface area contributed by atoms with Gasteiger partial charge in [-0.2, -0.15) is 0 Å². The summed E-state index contributed by atoms with van der Waals surface area (Å²) < 4.78 is 18.9. The van der Waals surface area contributed by atoms with Gasteiger partial charge in [0.05, 0.1) is 0 Å². The average Bonchev–Trinajstić information content (AvgIpc) is 2.36. The van der Waals surface area contributed by atoms with Gasteiger partial charge < -0.3 is 10.5 Å². The molecule has 0 radical (unpaired) electrons. The van der Waals surface area contributed by atoms with Crippen molar-refractivity contribution < 1.29 is 9.13 Å². The van der Waals surface area contributed by atoms with Crippen LogP contribution in [-0.4, -0.2) is 4.98 Å². The van der Waals surface area contributed by atoms with Gasteiger partial charge in [-0.3, -0.25) is 4.98 Å². The second-order valence-corrected chi connectivity index (χ2v) is 4.63. The van der Waals surface area contributed by atoms with Crippen LogP contribution in [0.15, 0.2) is 36.7 Å². The molecule has 1 aromatic heterocycles. The SMILES string of the molecule is Cc1cncc(COc2cc(F)ccc2[C@@H](C)N)c1. The average molecular weight is 260 g/mol. The maximum atomic E-state index is 13.3. The molecule has 0 fully saturated rings. The molecular weight excluding hydrogens is 243 g/mol. The van der Waals surface area contributed by atoms with Gasteiger partial charge in [0.25, 0.3) is 0 Å². The lowest BCUT2D eigenvalue weighted by Crippen LogP contribution is -2.08. The van der Waals surface area contributed by atoms with E-state index in [0.29, 0.717) is 12.4 Å². The van der Waals surface area contributed by atoms with Gasteiger partial charge in [0.15, 0.2) is 0 Å². The van der Waals surface area contributed by atoms with Crippen molar-refractivity contribution in [2.24, 2.45) is 5.73 Å². The summed E-state index contributed by atoms with van der Waals surface area (Å²) >= 11 is 0. The summed E-state index contributed by atoms with van der Waals surface area (Å²) in [7, 11) is 0. The maximum Gasteiger partial charge on any atom is 0.127 e. The summed E-state index contributed by atoms with van der Waals surface area (Å²) in [5.74, 6) is 0.151. The Hall–Kier alpha value is -1.94. The van der Waals surface area contributed by atoms with Crippen LogP contribution in [0.3, 0.4) is 0 Å². The molecule has 1 aromatic carbocycles. The Kier molecular flexibility index (Phi) is 4.12. The lowest BCUT2D eigenvalue weighted by Gasteiger charge is -2.14. The Morgan fingerprint density at radius 1 is 1.32 bits per heavy atom. The van der Waals surface area contributed by atoms with Crippen LogP contribution in [0.2, 0.25) is 0 Å². The quantitative estimate of drug-likeness (QED) is 0.918. The standard InChI is InChI=1S/C15H17FN2O/c1-10-5-12(8-18-7-10)9-19-15-6-13(16)3-4-14(15)11(2)17/h3-8,11H,9,17H2,1-2H3/t11-/m1/s1. The number of hydrogen-bond donors (Lipinski definition) is 1. The van der Waals surface area contributed by atoms with Crippen molar-refractivity contribution in [3.8, 4) is 5.75 Å². The highest BCUT2D eigenvalue weighted by molar-refractivity contribution is 5.36. The van der Waals surface area contributed by atoms with Gasteiger partial charge in [-0.15, -0.1) is 0 Å². The summed E-state index contributed by atoms with van der Waals surface area (Å²) in [6.45, 7) is 4.15. The van der Waals surface area contributed by atoms with Crippen LogP contribution < -0.4 is 10.5 Å². The molecule has 2 rings (SSSR count). The smallest absolute Gasteiger partial charge is 0.127 e. The first-order chi connectivity index (χ1) is 9.06. The normalized spacial score (nSPS) is 12.2. The second-order valence-electron chi connectivity index (χ2n) is 4.63. The molecule has 1 atom stereocenters. The summed E-state index contributed by atoms with van der Waals surface area (Å²) in [4.78, 5) is 4.09. The summed E-state index contributed by atoms with van der Waals surface area (Å²) in [5, 5.41) is 0. The fourth-order valence-corrected chi connectivity index (χ4v) is 1.87. The Morgan fingerprint density at radius 3 is 2.79 bits per heavy atom. The first-order valence-corrected chi connectivity index (χ1v) is 6.14. The van der Waals surface area contributed by atoms with E-state index in [4.69, 9.17) is 10.5 Å². The lowest BCUT2D eigenvalue weighted by atomic mass is 10.1. The molecule has 100 valence electrons. The number of hydrogen-bond acceptors (Lipinski definition) is 3. The van der Waals surface area contributed by atoms with Gasteiger partial charge in [0.1, 0.15) is 18.2 Å². The van der Waals surface area contributed by atoms with Crippen molar-refractivity contribution in [2.45, 2.75) is 26.5 Å². The number of nitrogens with zero attached hydrogens (tertiary/aromatic N) is 1. The zero-order valence-corrected chi connectivity index (χ0v) is 11.1. The van der Waals surface area contributed by atoms with E-state index in [-0.39, 0.29) is 11.9 Å². The fraction of sp³-hybridized carbons (Fsp3) is 0.267. The van der Waals surface area contributed by atoms with Gasteiger partial charge in [0.2, 0.25) is 0 Å². The maximum absolute atomic E-state index is 13.3. The number of benzene rings is 1. The third-order valence-corrected chi connectivity index (χ3v) is 2.79. The lowest BCUT2D eigenvalue weighted by molar-refractivity contribution is 0.299. The molecule has 0 aliphatic carbocycles. The molecular formula is C15H17FN2O. The molecule has 0 bridgehead atoms. The van der Waals surface area contributed by atoms with E-state index in [2.05, 4.69) is 4.98 Å². The Morgan fingerprint density at radius 2 is 2.11 bits per heavy atom. The molecule has 0 aliphatic heterocycles. The zero-order valence-electron chi connectivity index (χ0n) is 11.1. The summed E-state index contributed by atoms with van der Waals surface area (Å²) in [5.41, 5.74) is 8.64. The van der Waals surface area contributed by atoms with E-state index >= 15 is 0 Å². The van der Waals surface area contributed by atoms with Crippen molar-refractivity contribution in [1.82, 2.24) is 4.98 Å². The largest absolute Gasteiger partial charge is 0.488 e. The van der Waals surface area contributed by atoms with E-state index in [0.717, 1.165) is 16.7 Å². The van der Waals surface area contributed by atoms with Crippen molar-refractivity contribution in [3.63, 3.8) is 0 Å². The van der Waals surface area contributed by atoms with E-state index in [1.165, 1.54) is 12.1 Å². The molecule has 0 aliphatic rings. The van der Waals surface area contributed by atoms with Crippen LogP contribution in [0.4, 0.5) is 4.39 Å². The molecule has 19 heavy (non-hydrogen) atoms. The zero-order chi connectivity index (χ0) is 13.8. The van der Waals surface area contributed by atoms with Gasteiger partial charge >= 0.3 is 0 Å². The minimum Gasteiger partial charge on any atom is -0.488 e. The Bertz CT molecular complexity index is 570. The van der Waals surface area contributed by atoms with E-state index in [1.54, 1.807) is 18.5 Å². The third kappa shape index (κ3) is 3.51. The number of nitrogens with two attached hydrogens (primary N) is 1. The molecule has 0 spiro atoms. The highest BCUT2D eigenvalue weighted by atomic mass is 19.1. The van der Waals surface area contributed by atoms with Gasteiger partial charge in [-0.05, 0) is 31.5 Å². The Balaban J connectivity index is 2.17. The number of halogens is 1. The van der Waals surface area contributed by atoms with Gasteiger partial charge in [-0.1, -0.05) is 6.07 Å². The molecule has 0 saturated carbocycles. The fourth-order valence-electron chi connectivity index (χ4n) is 1.87. The first kappa shape index (κ1) is 13.5. The molecule has 0 unspecified atom stereocenters. The molecule has 0 amide bonds. The predicted molar refractivity (Wildman–Crippen MR) is 72.3 cm³/mol. The molecule has 4 heteroatoms. The van der Waals surface area contributed by atoms with Crippen molar-refractivity contribution >= 4 is 0 Å². The summed E-state index contributed by atoms with van der Waals surface area (Å²) in [6, 6.07) is 6.19. The van der Waals surface area contributed by atoms with Crippen LogP contribution >= 0.6 is 0 Å². The van der Waals surface area contributed by atoms with Crippen molar-refractivity contribution in [3.05, 3.63) is 59.2 Å². The summed E-state index contributed by atoms with van der Waals surface area (Å²) in [6.07, 6.45) is 3.51. The number of ether oxygens (including phenoxy) is 1. The van der Waals surface area contributed by atoms with Crippen molar-refractivity contribution in [2.75, 3.05) is 0 Å². The Labute approximate surface area is 112 Å². The monoisotopic (exact) mass is 260 g/mol. The van der Waals surface area contributed by atoms with Crippen LogP contribution in [0.5, 0.6) is 5.75 Å². The minimum atomic E-state index is -0.332. The van der Waals surface area contributed by atoms with Gasteiger partial charge in [-0.25, -0.2) is 4.39 Å². The first-order valence-electron chi connectivity index (χ1n) is 6.14.